The summed E-state index contributed by atoms with van der Waals surface area (Å²) in [6.07, 6.45) is 5.73. The summed E-state index contributed by atoms with van der Waals surface area (Å²) in [6, 6.07) is 11.1. The van der Waals surface area contributed by atoms with Gasteiger partial charge in [0.05, 0.1) is 0 Å². The van der Waals surface area contributed by atoms with Crippen LogP contribution in [0.5, 0.6) is 11.5 Å². The molecule has 0 aromatic heterocycles. The number of nitrogens with zero attached hydrogens (tertiary/aromatic N) is 1. The first-order chi connectivity index (χ1) is 16.4. The second-order valence-corrected chi connectivity index (χ2v) is 8.73. The number of carbonyl (C=O) groups is 2. The number of carbonyl (C=O) groups excluding carboxylic acids is 2. The maximum absolute atomic E-state index is 13.0. The molecule has 4 rings (SSSR count). The van der Waals surface area contributed by atoms with Gasteiger partial charge in [-0.1, -0.05) is 18.2 Å². The molecule has 0 unspecified atom stereocenters. The van der Waals surface area contributed by atoms with Gasteiger partial charge in [-0.05, 0) is 68.7 Å². The van der Waals surface area contributed by atoms with Crippen LogP contribution in [-0.2, 0) is 0 Å². The maximum atomic E-state index is 13.0. The molecule has 0 saturated carbocycles. The Kier molecular flexibility index (Phi) is 7.43. The molecule has 2 heterocycles. The summed E-state index contributed by atoms with van der Waals surface area (Å²) in [6.45, 7) is 6.61. The van der Waals surface area contributed by atoms with Gasteiger partial charge in [-0.25, -0.2) is 4.39 Å². The molecule has 0 spiro atoms. The molecule has 0 bridgehead atoms. The maximum Gasteiger partial charge on any atom is 0.251 e. The molecule has 178 valence electrons. The van der Waals surface area contributed by atoms with Crippen LogP contribution < -0.4 is 14.8 Å². The summed E-state index contributed by atoms with van der Waals surface area (Å²) in [5.74, 6) is 0.792. The molecule has 2 aromatic rings. The van der Waals surface area contributed by atoms with Crippen LogP contribution in [-0.4, -0.2) is 48.9 Å². The zero-order chi connectivity index (χ0) is 24.1. The van der Waals surface area contributed by atoms with Crippen molar-refractivity contribution in [1.82, 2.24) is 10.2 Å². The number of hydrogen-bond acceptors (Lipinski definition) is 5. The highest BCUT2D eigenvalue weighted by Crippen LogP contribution is 2.38. The minimum Gasteiger partial charge on any atom is -0.489 e. The number of rotatable bonds is 7. The Hall–Kier alpha value is -3.45. The third-order valence-electron chi connectivity index (χ3n) is 5.98. The van der Waals surface area contributed by atoms with E-state index in [9.17, 15) is 14.0 Å². The third-order valence-corrected chi connectivity index (χ3v) is 5.98. The van der Waals surface area contributed by atoms with Crippen molar-refractivity contribution < 1.29 is 23.5 Å². The van der Waals surface area contributed by atoms with Crippen molar-refractivity contribution in [2.75, 3.05) is 26.2 Å². The fraction of sp³-hybridized carbons (Fsp3) is 0.333. The van der Waals surface area contributed by atoms with Crippen LogP contribution in [0.25, 0.3) is 0 Å². The van der Waals surface area contributed by atoms with Gasteiger partial charge in [-0.3, -0.25) is 14.5 Å². The fourth-order valence-electron chi connectivity index (χ4n) is 4.10. The molecule has 0 aliphatic carbocycles. The molecule has 1 amide bonds. The number of likely N-dealkylation sites (tertiary alicyclic amines) is 1. The number of nitrogens with one attached hydrogen (secondary N) is 1. The summed E-state index contributed by atoms with van der Waals surface area (Å²) in [5.41, 5.74) is 1.80. The Labute approximate surface area is 199 Å². The summed E-state index contributed by atoms with van der Waals surface area (Å²) in [4.78, 5) is 27.2. The van der Waals surface area contributed by atoms with E-state index in [0.717, 1.165) is 38.0 Å². The van der Waals surface area contributed by atoms with Crippen molar-refractivity contribution in [2.45, 2.75) is 32.7 Å². The summed E-state index contributed by atoms with van der Waals surface area (Å²) in [7, 11) is 0. The van der Waals surface area contributed by atoms with Gasteiger partial charge in [0.2, 0.25) is 5.78 Å². The zero-order valence-corrected chi connectivity index (χ0v) is 19.5. The predicted octanol–water partition coefficient (Wildman–Crippen LogP) is 4.52. The first-order valence-corrected chi connectivity index (χ1v) is 11.5. The Morgan fingerprint density at radius 1 is 1.15 bits per heavy atom. The average Bonchev–Trinajstić information content (AvgIpc) is 3.18. The van der Waals surface area contributed by atoms with Crippen molar-refractivity contribution in [3.8, 4) is 11.5 Å². The van der Waals surface area contributed by atoms with E-state index in [1.54, 1.807) is 12.1 Å². The lowest BCUT2D eigenvalue weighted by molar-refractivity contribution is 0.0913. The van der Waals surface area contributed by atoms with E-state index in [1.807, 2.05) is 26.0 Å². The Morgan fingerprint density at radius 3 is 2.59 bits per heavy atom. The van der Waals surface area contributed by atoms with E-state index in [-0.39, 0.29) is 23.5 Å². The Balaban J connectivity index is 1.20. The van der Waals surface area contributed by atoms with Crippen LogP contribution in [0.3, 0.4) is 0 Å². The zero-order valence-electron chi connectivity index (χ0n) is 19.5. The van der Waals surface area contributed by atoms with Gasteiger partial charge in [-0.2, -0.15) is 0 Å². The van der Waals surface area contributed by atoms with Crippen molar-refractivity contribution in [2.24, 2.45) is 0 Å². The Bertz CT molecular complexity index is 1110. The lowest BCUT2D eigenvalue weighted by Crippen LogP contribution is -2.44. The molecular weight excluding hydrogens is 435 g/mol. The first kappa shape index (κ1) is 23.7. The van der Waals surface area contributed by atoms with Gasteiger partial charge < -0.3 is 14.8 Å². The van der Waals surface area contributed by atoms with Crippen molar-refractivity contribution in [3.63, 3.8) is 0 Å². The second kappa shape index (κ2) is 10.7. The molecule has 6 nitrogen and oxygen atoms in total. The van der Waals surface area contributed by atoms with Crippen LogP contribution in [0.1, 0.15) is 47.4 Å². The molecule has 2 aliphatic heterocycles. The van der Waals surface area contributed by atoms with E-state index in [2.05, 4.69) is 16.3 Å². The number of ketones is 1. The van der Waals surface area contributed by atoms with E-state index in [1.165, 1.54) is 24.3 Å². The first-order valence-electron chi connectivity index (χ1n) is 11.5. The monoisotopic (exact) mass is 464 g/mol. The molecule has 2 aromatic carbocycles. The molecule has 34 heavy (non-hydrogen) atoms. The number of piperidine rings is 1. The van der Waals surface area contributed by atoms with Crippen LogP contribution >= 0.6 is 0 Å². The SMILES string of the molecule is CC(C)=C1Oc2cccc(OC/C=C/CN3CCC(NC(=O)c4ccc(F)cc4)CC3)c2C1=O. The normalized spacial score (nSPS) is 16.4. The number of amides is 1. The second-order valence-electron chi connectivity index (χ2n) is 8.73. The van der Waals surface area contributed by atoms with E-state index < -0.39 is 0 Å². The van der Waals surface area contributed by atoms with Gasteiger partial charge in [0, 0.05) is 31.2 Å². The highest BCUT2D eigenvalue weighted by atomic mass is 19.1. The number of fused-ring (bicyclic) bond motifs is 1. The molecule has 1 fully saturated rings. The largest absolute Gasteiger partial charge is 0.489 e. The summed E-state index contributed by atoms with van der Waals surface area (Å²) >= 11 is 0. The van der Waals surface area contributed by atoms with E-state index in [0.29, 0.717) is 35.0 Å². The molecule has 7 heteroatoms. The fourth-order valence-corrected chi connectivity index (χ4v) is 4.10. The highest BCUT2D eigenvalue weighted by molar-refractivity contribution is 6.14. The lowest BCUT2D eigenvalue weighted by Gasteiger charge is -2.31. The minimum atomic E-state index is -0.351. The lowest BCUT2D eigenvalue weighted by atomic mass is 10.0. The van der Waals surface area contributed by atoms with Crippen LogP contribution in [0.2, 0.25) is 0 Å². The topological polar surface area (TPSA) is 67.9 Å². The minimum absolute atomic E-state index is 0.117. The summed E-state index contributed by atoms with van der Waals surface area (Å²) < 4.78 is 24.5. The van der Waals surface area contributed by atoms with Crippen molar-refractivity contribution in [1.29, 1.82) is 0 Å². The number of hydrogen-bond donors (Lipinski definition) is 1. The van der Waals surface area contributed by atoms with Crippen molar-refractivity contribution >= 4 is 11.7 Å². The number of halogens is 1. The number of ether oxygens (including phenoxy) is 2. The number of allylic oxidation sites excluding steroid dienone is 2. The Morgan fingerprint density at radius 2 is 1.88 bits per heavy atom. The van der Waals surface area contributed by atoms with Gasteiger partial charge in [0.15, 0.2) is 5.76 Å². The standard InChI is InChI=1S/C27H29FN2O4/c1-18(2)26-25(31)24-22(6-5-7-23(24)34-26)33-17-4-3-14-30-15-12-21(13-16-30)29-27(32)19-8-10-20(28)11-9-19/h3-11,21H,12-17H2,1-2H3,(H,29,32)/b4-3+. The molecule has 2 aliphatic rings. The van der Waals surface area contributed by atoms with Gasteiger partial charge in [0.25, 0.3) is 5.91 Å². The predicted molar refractivity (Wildman–Crippen MR) is 128 cm³/mol. The van der Waals surface area contributed by atoms with Gasteiger partial charge >= 0.3 is 0 Å². The van der Waals surface area contributed by atoms with Crippen LogP contribution in [0.15, 0.2) is 65.9 Å². The van der Waals surface area contributed by atoms with E-state index >= 15 is 0 Å². The van der Waals surface area contributed by atoms with Crippen molar-refractivity contribution in [3.05, 3.63) is 82.9 Å². The average molecular weight is 465 g/mol. The molecule has 0 radical (unpaired) electrons. The van der Waals surface area contributed by atoms with Gasteiger partial charge in [-0.15, -0.1) is 0 Å². The molecule has 0 atom stereocenters. The highest BCUT2D eigenvalue weighted by Gasteiger charge is 2.31. The number of benzene rings is 2. The molecular formula is C27H29FN2O4. The molecule has 1 N–H and O–H groups in total. The van der Waals surface area contributed by atoms with Gasteiger partial charge in [0.1, 0.15) is 29.5 Å². The number of Topliss-reactive ketones (excluding diaryl/α,β-unsaturated/α-hetero) is 1. The quantitative estimate of drug-likeness (QED) is 0.482. The van der Waals surface area contributed by atoms with Crippen LogP contribution in [0, 0.1) is 5.82 Å². The van der Waals surface area contributed by atoms with E-state index in [4.69, 9.17) is 9.47 Å². The molecule has 1 saturated heterocycles. The van der Waals surface area contributed by atoms with Crippen LogP contribution in [0.4, 0.5) is 4.39 Å². The third kappa shape index (κ3) is 5.54. The summed E-state index contributed by atoms with van der Waals surface area (Å²) in [5, 5.41) is 3.04. The smallest absolute Gasteiger partial charge is 0.251 e.